The van der Waals surface area contributed by atoms with Gasteiger partial charge in [0.25, 0.3) is 0 Å². The highest BCUT2D eigenvalue weighted by Gasteiger charge is 2.21. The lowest BCUT2D eigenvalue weighted by atomic mass is 9.88. The summed E-state index contributed by atoms with van der Waals surface area (Å²) in [5.74, 6) is 0.0550. The van der Waals surface area contributed by atoms with Gasteiger partial charge < -0.3 is 5.32 Å². The van der Waals surface area contributed by atoms with Gasteiger partial charge in [-0.1, -0.05) is 61.7 Å². The summed E-state index contributed by atoms with van der Waals surface area (Å²) in [5.41, 5.74) is 5.86. The van der Waals surface area contributed by atoms with Crippen LogP contribution in [0.2, 0.25) is 0 Å². The normalized spacial score (nSPS) is 15.1. The molecule has 3 rings (SSSR count). The Balaban J connectivity index is 1.58. The first-order chi connectivity index (χ1) is 13.6. The first-order valence-corrected chi connectivity index (χ1v) is 9.90. The van der Waals surface area contributed by atoms with E-state index in [2.05, 4.69) is 15.8 Å². The molecule has 146 valence electrons. The van der Waals surface area contributed by atoms with E-state index in [0.717, 1.165) is 42.5 Å². The second kappa shape index (κ2) is 9.83. The molecule has 1 aliphatic carbocycles. The van der Waals surface area contributed by atoms with Gasteiger partial charge >= 0.3 is 0 Å². The van der Waals surface area contributed by atoms with Gasteiger partial charge in [0.15, 0.2) is 0 Å². The number of hydrazone groups is 1. The molecule has 2 aromatic carbocycles. The molecule has 1 aliphatic rings. The molecule has 5 nitrogen and oxygen atoms in total. The van der Waals surface area contributed by atoms with Gasteiger partial charge in [0, 0.05) is 11.6 Å². The van der Waals surface area contributed by atoms with Gasteiger partial charge in [-0.3, -0.25) is 9.59 Å². The van der Waals surface area contributed by atoms with Crippen molar-refractivity contribution in [2.45, 2.75) is 45.4 Å². The fourth-order valence-electron chi connectivity index (χ4n) is 3.46. The van der Waals surface area contributed by atoms with Crippen LogP contribution in [-0.2, 0) is 16.0 Å². The summed E-state index contributed by atoms with van der Waals surface area (Å²) in [4.78, 5) is 24.5. The second-order valence-electron chi connectivity index (χ2n) is 7.30. The van der Waals surface area contributed by atoms with Crippen molar-refractivity contribution in [3.63, 3.8) is 0 Å². The minimum Gasteiger partial charge on any atom is -0.326 e. The Morgan fingerprint density at radius 3 is 2.50 bits per heavy atom. The number of hydrogen-bond acceptors (Lipinski definition) is 3. The zero-order valence-corrected chi connectivity index (χ0v) is 16.3. The average Bonchev–Trinajstić information content (AvgIpc) is 2.73. The van der Waals surface area contributed by atoms with Crippen molar-refractivity contribution in [2.24, 2.45) is 11.0 Å². The first kappa shape index (κ1) is 19.8. The maximum Gasteiger partial charge on any atom is 0.244 e. The molecule has 28 heavy (non-hydrogen) atoms. The van der Waals surface area contributed by atoms with Crippen LogP contribution < -0.4 is 10.7 Å². The van der Waals surface area contributed by atoms with E-state index in [9.17, 15) is 9.59 Å². The van der Waals surface area contributed by atoms with Gasteiger partial charge in [-0.2, -0.15) is 5.10 Å². The van der Waals surface area contributed by atoms with Gasteiger partial charge in [-0.05, 0) is 43.0 Å². The third kappa shape index (κ3) is 5.78. The Bertz CT molecular complexity index is 840. The molecule has 2 aromatic rings. The molecule has 1 fully saturated rings. The Hall–Kier alpha value is -2.95. The average molecular weight is 377 g/mol. The molecule has 0 aromatic heterocycles. The highest BCUT2D eigenvalue weighted by Crippen LogP contribution is 2.25. The van der Waals surface area contributed by atoms with Gasteiger partial charge in [-0.15, -0.1) is 0 Å². The van der Waals surface area contributed by atoms with E-state index in [4.69, 9.17) is 0 Å². The quantitative estimate of drug-likeness (QED) is 0.582. The molecular weight excluding hydrogens is 350 g/mol. The van der Waals surface area contributed by atoms with Crippen molar-refractivity contribution in [1.82, 2.24) is 5.43 Å². The number of nitrogens with zero attached hydrogens (tertiary/aromatic N) is 1. The van der Waals surface area contributed by atoms with Crippen LogP contribution in [0.3, 0.4) is 0 Å². The van der Waals surface area contributed by atoms with E-state index in [1.165, 1.54) is 6.42 Å². The number of amides is 2. The summed E-state index contributed by atoms with van der Waals surface area (Å²) < 4.78 is 0. The summed E-state index contributed by atoms with van der Waals surface area (Å²) in [5, 5.41) is 7.23. The molecule has 0 unspecified atom stereocenters. The second-order valence-corrected chi connectivity index (χ2v) is 7.30. The van der Waals surface area contributed by atoms with Crippen molar-refractivity contribution in [3.8, 4) is 0 Å². The number of carbonyl (C=O) groups excluding carboxylic acids is 2. The maximum atomic E-state index is 12.4. The van der Waals surface area contributed by atoms with Crippen LogP contribution in [0.4, 0.5) is 5.69 Å². The summed E-state index contributed by atoms with van der Waals surface area (Å²) >= 11 is 0. The van der Waals surface area contributed by atoms with Crippen molar-refractivity contribution >= 4 is 23.2 Å². The van der Waals surface area contributed by atoms with Crippen molar-refractivity contribution in [3.05, 3.63) is 65.7 Å². The predicted molar refractivity (Wildman–Crippen MR) is 112 cm³/mol. The lowest BCUT2D eigenvalue weighted by Gasteiger charge is -2.20. The maximum absolute atomic E-state index is 12.4. The largest absolute Gasteiger partial charge is 0.326 e. The topological polar surface area (TPSA) is 70.6 Å². The zero-order chi connectivity index (χ0) is 19.8. The highest BCUT2D eigenvalue weighted by molar-refractivity contribution is 6.01. The fourth-order valence-corrected chi connectivity index (χ4v) is 3.46. The molecule has 5 heteroatoms. The fraction of sp³-hybridized carbons (Fsp3) is 0.348. The molecule has 0 spiro atoms. The molecular formula is C23H27N3O2. The molecule has 0 bridgehead atoms. The highest BCUT2D eigenvalue weighted by atomic mass is 16.2. The van der Waals surface area contributed by atoms with Crippen LogP contribution in [0.1, 0.15) is 50.2 Å². The van der Waals surface area contributed by atoms with Crippen molar-refractivity contribution in [2.75, 3.05) is 5.32 Å². The minimum absolute atomic E-state index is 0.0996. The SMILES string of the molecule is C/C(=N/NC(=O)Cc1ccccc1)c1cccc(NC(=O)C2CCCCC2)c1. The summed E-state index contributed by atoms with van der Waals surface area (Å²) in [6, 6.07) is 17.1. The van der Waals surface area contributed by atoms with Crippen LogP contribution in [0.25, 0.3) is 0 Å². The number of nitrogens with one attached hydrogen (secondary N) is 2. The molecule has 1 saturated carbocycles. The predicted octanol–water partition coefficient (Wildman–Crippen LogP) is 4.29. The monoisotopic (exact) mass is 377 g/mol. The van der Waals surface area contributed by atoms with E-state index < -0.39 is 0 Å². The molecule has 0 radical (unpaired) electrons. The number of carbonyl (C=O) groups is 2. The minimum atomic E-state index is -0.160. The van der Waals surface area contributed by atoms with E-state index in [1.807, 2.05) is 61.5 Å². The Morgan fingerprint density at radius 1 is 1.00 bits per heavy atom. The third-order valence-electron chi connectivity index (χ3n) is 5.08. The van der Waals surface area contributed by atoms with Gasteiger partial charge in [0.2, 0.25) is 11.8 Å². The van der Waals surface area contributed by atoms with Crippen molar-refractivity contribution < 1.29 is 9.59 Å². The van der Waals surface area contributed by atoms with Gasteiger partial charge in [-0.25, -0.2) is 5.43 Å². The van der Waals surface area contributed by atoms with E-state index >= 15 is 0 Å². The van der Waals surface area contributed by atoms with Gasteiger partial charge in [0.1, 0.15) is 0 Å². The zero-order valence-electron chi connectivity index (χ0n) is 16.3. The summed E-state index contributed by atoms with van der Waals surface area (Å²) in [7, 11) is 0. The summed E-state index contributed by atoms with van der Waals surface area (Å²) in [6.07, 6.45) is 5.72. The Labute approximate surface area is 166 Å². The molecule has 0 aliphatic heterocycles. The summed E-state index contributed by atoms with van der Waals surface area (Å²) in [6.45, 7) is 1.84. The number of rotatable bonds is 6. The lowest BCUT2D eigenvalue weighted by Crippen LogP contribution is -2.24. The van der Waals surface area contributed by atoms with Crippen molar-refractivity contribution in [1.29, 1.82) is 0 Å². The van der Waals surface area contributed by atoms with Crippen LogP contribution in [-0.4, -0.2) is 17.5 Å². The molecule has 2 amide bonds. The number of anilines is 1. The molecule has 2 N–H and O–H groups in total. The number of hydrogen-bond donors (Lipinski definition) is 2. The third-order valence-corrected chi connectivity index (χ3v) is 5.08. The molecule has 0 atom stereocenters. The van der Waals surface area contributed by atoms with Crippen LogP contribution in [0, 0.1) is 5.92 Å². The molecule has 0 heterocycles. The first-order valence-electron chi connectivity index (χ1n) is 9.90. The van der Waals surface area contributed by atoms with Crippen LogP contribution >= 0.6 is 0 Å². The van der Waals surface area contributed by atoms with Crippen LogP contribution in [0.5, 0.6) is 0 Å². The Kier molecular flexibility index (Phi) is 6.95. The molecule has 0 saturated heterocycles. The van der Waals surface area contributed by atoms with Crippen LogP contribution in [0.15, 0.2) is 59.7 Å². The van der Waals surface area contributed by atoms with E-state index in [1.54, 1.807) is 0 Å². The standard InChI is InChI=1S/C23H27N3O2/c1-17(25-26-22(27)15-18-9-4-2-5-10-18)20-13-8-14-21(16-20)24-23(28)19-11-6-3-7-12-19/h2,4-5,8-10,13-14,16,19H,3,6-7,11-12,15H2,1H3,(H,24,28)(H,26,27)/b25-17-. The smallest absolute Gasteiger partial charge is 0.244 e. The van der Waals surface area contributed by atoms with E-state index in [0.29, 0.717) is 5.71 Å². The van der Waals surface area contributed by atoms with E-state index in [-0.39, 0.29) is 24.2 Å². The van der Waals surface area contributed by atoms with Gasteiger partial charge in [0.05, 0.1) is 12.1 Å². The lowest BCUT2D eigenvalue weighted by molar-refractivity contribution is -0.121. The number of benzene rings is 2. The Morgan fingerprint density at radius 2 is 1.75 bits per heavy atom.